The second-order valence-electron chi connectivity index (χ2n) is 9.04. The zero-order valence-electron chi connectivity index (χ0n) is 21.0. The van der Waals surface area contributed by atoms with Gasteiger partial charge in [0.2, 0.25) is 11.8 Å². The summed E-state index contributed by atoms with van der Waals surface area (Å²) in [6.45, 7) is 6.06. The number of hydrogen-bond acceptors (Lipinski definition) is 4. The molecule has 3 amide bonds. The first kappa shape index (κ1) is 25.4. The summed E-state index contributed by atoms with van der Waals surface area (Å²) in [5.41, 5.74) is 2.60. The lowest BCUT2D eigenvalue weighted by molar-refractivity contribution is -0.138. The van der Waals surface area contributed by atoms with E-state index < -0.39 is 6.10 Å². The minimum atomic E-state index is -0.466. The van der Waals surface area contributed by atoms with E-state index in [0.29, 0.717) is 38.2 Å². The predicted octanol–water partition coefficient (Wildman–Crippen LogP) is 2.95. The van der Waals surface area contributed by atoms with Crippen LogP contribution in [0.4, 0.5) is 0 Å². The van der Waals surface area contributed by atoms with E-state index in [-0.39, 0.29) is 37.4 Å². The average molecular weight is 491 g/mol. The van der Waals surface area contributed by atoms with Crippen LogP contribution in [0.25, 0.3) is 10.9 Å². The quantitative estimate of drug-likeness (QED) is 0.500. The van der Waals surface area contributed by atoms with Crippen LogP contribution >= 0.6 is 0 Å². The molecule has 1 aliphatic heterocycles. The fourth-order valence-corrected chi connectivity index (χ4v) is 4.59. The van der Waals surface area contributed by atoms with Crippen molar-refractivity contribution in [2.45, 2.75) is 26.4 Å². The Morgan fingerprint density at radius 2 is 1.83 bits per heavy atom. The fraction of sp³-hybridized carbons (Fsp3) is 0.393. The zero-order valence-corrected chi connectivity index (χ0v) is 21.0. The summed E-state index contributed by atoms with van der Waals surface area (Å²) in [7, 11) is 0. The lowest BCUT2D eigenvalue weighted by Crippen LogP contribution is -2.41. The zero-order chi connectivity index (χ0) is 25.5. The van der Waals surface area contributed by atoms with Crippen LogP contribution in [0.5, 0.6) is 0 Å². The molecular formula is C28H34N4O4. The number of nitrogens with one attached hydrogen (secondary N) is 1. The molecule has 8 nitrogen and oxygen atoms in total. The normalized spacial score (nSPS) is 16.3. The van der Waals surface area contributed by atoms with E-state index in [0.717, 1.165) is 16.5 Å². The second kappa shape index (κ2) is 11.9. The maximum absolute atomic E-state index is 13.4. The van der Waals surface area contributed by atoms with E-state index in [1.807, 2.05) is 68.6 Å². The molecular weight excluding hydrogens is 456 g/mol. The number of rotatable bonds is 9. The van der Waals surface area contributed by atoms with E-state index >= 15 is 0 Å². The molecule has 0 aliphatic carbocycles. The van der Waals surface area contributed by atoms with Gasteiger partial charge in [-0.1, -0.05) is 30.3 Å². The third kappa shape index (κ3) is 6.12. The monoisotopic (exact) mass is 490 g/mol. The summed E-state index contributed by atoms with van der Waals surface area (Å²) in [6.07, 6.45) is 2.07. The van der Waals surface area contributed by atoms with Crippen LogP contribution in [0, 0.1) is 0 Å². The molecule has 1 aromatic heterocycles. The number of hydrogen-bond donors (Lipinski definition) is 1. The van der Waals surface area contributed by atoms with Gasteiger partial charge in [0.1, 0.15) is 13.2 Å². The van der Waals surface area contributed by atoms with Gasteiger partial charge < -0.3 is 24.4 Å². The van der Waals surface area contributed by atoms with Crippen molar-refractivity contribution in [1.29, 1.82) is 0 Å². The number of aromatic nitrogens is 1. The predicted molar refractivity (Wildman–Crippen MR) is 139 cm³/mol. The summed E-state index contributed by atoms with van der Waals surface area (Å²) in [5.74, 6) is -0.439. The maximum Gasteiger partial charge on any atom is 0.254 e. The Hall–Kier alpha value is -3.65. The fourth-order valence-electron chi connectivity index (χ4n) is 4.59. The van der Waals surface area contributed by atoms with Gasteiger partial charge in [-0.2, -0.15) is 0 Å². The van der Waals surface area contributed by atoms with E-state index in [1.54, 1.807) is 20.8 Å². The molecule has 3 aromatic rings. The summed E-state index contributed by atoms with van der Waals surface area (Å²) in [6, 6.07) is 17.4. The molecule has 1 atom stereocenters. The van der Waals surface area contributed by atoms with Crippen LogP contribution in [0.15, 0.2) is 60.8 Å². The van der Waals surface area contributed by atoms with Gasteiger partial charge in [0.25, 0.3) is 5.91 Å². The number of ether oxygens (including phenoxy) is 1. The topological polar surface area (TPSA) is 85.9 Å². The van der Waals surface area contributed by atoms with Crippen LogP contribution in [0.1, 0.15) is 29.8 Å². The van der Waals surface area contributed by atoms with Crippen molar-refractivity contribution in [1.82, 2.24) is 19.7 Å². The van der Waals surface area contributed by atoms with Crippen molar-refractivity contribution in [3.63, 3.8) is 0 Å². The number of aromatic amines is 1. The number of likely N-dealkylation sites (N-methyl/N-ethyl adjacent to an activating group) is 1. The van der Waals surface area contributed by atoms with Gasteiger partial charge in [0.05, 0.1) is 6.10 Å². The van der Waals surface area contributed by atoms with Crippen molar-refractivity contribution in [2.24, 2.45) is 0 Å². The number of fused-ring (bicyclic) bond motifs is 1. The number of nitrogens with zero attached hydrogens (tertiary/aromatic N) is 3. The number of benzene rings is 2. The van der Waals surface area contributed by atoms with Gasteiger partial charge in [0.15, 0.2) is 0 Å². The van der Waals surface area contributed by atoms with Crippen LogP contribution in [0.2, 0.25) is 0 Å². The van der Waals surface area contributed by atoms with Crippen molar-refractivity contribution in [3.8, 4) is 0 Å². The van der Waals surface area contributed by atoms with Crippen LogP contribution in [-0.2, 0) is 20.7 Å². The molecule has 36 heavy (non-hydrogen) atoms. The molecule has 1 saturated heterocycles. The summed E-state index contributed by atoms with van der Waals surface area (Å²) >= 11 is 0. The molecule has 0 bridgehead atoms. The smallest absolute Gasteiger partial charge is 0.254 e. The van der Waals surface area contributed by atoms with Gasteiger partial charge in [-0.3, -0.25) is 14.4 Å². The standard InChI is InChI=1S/C28H34N4O4/c1-3-30(4-2)27(34)20-36-24-17-31(15-13-21-8-6-5-7-9-21)26(33)19-32(18-24)28(35)23-10-11-25-22(16-23)12-14-29-25/h5-12,14,16,24,29H,3-4,13,15,17-20H2,1-2H3/t24-/m0/s1. The number of carbonyl (C=O) groups excluding carboxylic acids is 3. The SMILES string of the molecule is CCN(CC)C(=O)CO[C@H]1CN(CCc2ccccc2)C(=O)CN(C(=O)c2ccc3[nH]ccc3c2)C1. The van der Waals surface area contributed by atoms with Gasteiger partial charge in [-0.05, 0) is 50.1 Å². The molecule has 2 aromatic carbocycles. The molecule has 0 radical (unpaired) electrons. The van der Waals surface area contributed by atoms with Gasteiger partial charge in [-0.25, -0.2) is 0 Å². The highest BCUT2D eigenvalue weighted by Crippen LogP contribution is 2.18. The molecule has 4 rings (SSSR count). The van der Waals surface area contributed by atoms with E-state index in [1.165, 1.54) is 0 Å². The minimum absolute atomic E-state index is 0.0252. The molecule has 2 heterocycles. The molecule has 0 saturated carbocycles. The highest BCUT2D eigenvalue weighted by Gasteiger charge is 2.32. The Bertz CT molecular complexity index is 1190. The van der Waals surface area contributed by atoms with Crippen LogP contribution in [-0.4, -0.2) is 89.4 Å². The van der Waals surface area contributed by atoms with Crippen LogP contribution in [0.3, 0.4) is 0 Å². The van der Waals surface area contributed by atoms with Gasteiger partial charge in [0, 0.05) is 55.4 Å². The van der Waals surface area contributed by atoms with Gasteiger partial charge in [-0.15, -0.1) is 0 Å². The third-order valence-electron chi connectivity index (χ3n) is 6.69. The minimum Gasteiger partial charge on any atom is -0.365 e. The highest BCUT2D eigenvalue weighted by atomic mass is 16.5. The number of carbonyl (C=O) groups is 3. The first-order valence-corrected chi connectivity index (χ1v) is 12.6. The Morgan fingerprint density at radius 1 is 1.06 bits per heavy atom. The Morgan fingerprint density at radius 3 is 2.58 bits per heavy atom. The average Bonchev–Trinajstić information content (AvgIpc) is 3.31. The first-order valence-electron chi connectivity index (χ1n) is 12.6. The first-order chi connectivity index (χ1) is 17.5. The van der Waals surface area contributed by atoms with Crippen molar-refractivity contribution >= 4 is 28.6 Å². The maximum atomic E-state index is 13.4. The van der Waals surface area contributed by atoms with E-state index in [4.69, 9.17) is 4.74 Å². The van der Waals surface area contributed by atoms with Crippen molar-refractivity contribution < 1.29 is 19.1 Å². The Labute approximate surface area is 211 Å². The van der Waals surface area contributed by atoms with Crippen LogP contribution < -0.4 is 0 Å². The molecule has 8 heteroatoms. The van der Waals surface area contributed by atoms with E-state index in [9.17, 15) is 14.4 Å². The Kier molecular flexibility index (Phi) is 8.38. The third-order valence-corrected chi connectivity index (χ3v) is 6.69. The molecule has 0 spiro atoms. The van der Waals surface area contributed by atoms with Gasteiger partial charge >= 0.3 is 0 Å². The molecule has 190 valence electrons. The molecule has 1 aliphatic rings. The lowest BCUT2D eigenvalue weighted by Gasteiger charge is -2.26. The summed E-state index contributed by atoms with van der Waals surface area (Å²) in [4.78, 5) is 47.4. The summed E-state index contributed by atoms with van der Waals surface area (Å²) < 4.78 is 6.03. The van der Waals surface area contributed by atoms with Crippen molar-refractivity contribution in [2.75, 3.05) is 45.9 Å². The van der Waals surface area contributed by atoms with E-state index in [2.05, 4.69) is 4.98 Å². The number of H-pyrrole nitrogens is 1. The second-order valence-corrected chi connectivity index (χ2v) is 9.04. The number of amides is 3. The van der Waals surface area contributed by atoms with Crippen molar-refractivity contribution in [3.05, 3.63) is 71.9 Å². The molecule has 1 N–H and O–H groups in total. The molecule has 1 fully saturated rings. The molecule has 0 unspecified atom stereocenters. The largest absolute Gasteiger partial charge is 0.365 e. The summed E-state index contributed by atoms with van der Waals surface area (Å²) in [5, 5.41) is 0.934. The highest BCUT2D eigenvalue weighted by molar-refractivity contribution is 5.99. The lowest BCUT2D eigenvalue weighted by atomic mass is 10.1. The Balaban J connectivity index is 1.51.